The highest BCUT2D eigenvalue weighted by Gasteiger charge is 2.44. The molecule has 32 heavy (non-hydrogen) atoms. The summed E-state index contributed by atoms with van der Waals surface area (Å²) in [5.41, 5.74) is 2.12. The number of carbonyl (C=O) groups excluding carboxylic acids is 1. The van der Waals surface area contributed by atoms with Crippen molar-refractivity contribution in [1.29, 1.82) is 0 Å². The number of piperazine rings is 1. The summed E-state index contributed by atoms with van der Waals surface area (Å²) in [7, 11) is 0. The fourth-order valence-electron chi connectivity index (χ4n) is 5.14. The third-order valence-electron chi connectivity index (χ3n) is 6.73. The molecule has 5 rings (SSSR count). The molecule has 3 heterocycles. The van der Waals surface area contributed by atoms with Crippen LogP contribution in [0, 0.1) is 0 Å². The van der Waals surface area contributed by atoms with E-state index in [-0.39, 0.29) is 24.0 Å². The summed E-state index contributed by atoms with van der Waals surface area (Å²) in [6.45, 7) is 3.75. The predicted molar refractivity (Wildman–Crippen MR) is 125 cm³/mol. The second kappa shape index (κ2) is 9.20. The van der Waals surface area contributed by atoms with E-state index in [9.17, 15) is 9.90 Å². The number of hydrogen-bond donors (Lipinski definition) is 1. The fraction of sp³-hybridized carbons (Fsp3) is 0.458. The fourth-order valence-corrected chi connectivity index (χ4v) is 5.40. The van der Waals surface area contributed by atoms with Gasteiger partial charge in [-0.05, 0) is 42.0 Å². The van der Waals surface area contributed by atoms with E-state index in [1.54, 1.807) is 0 Å². The maximum absolute atomic E-state index is 13.6. The zero-order valence-corrected chi connectivity index (χ0v) is 19.3. The Bertz CT molecular complexity index is 942. The second-order valence-corrected chi connectivity index (χ2v) is 9.79. The Hall–Kier alpha value is -1.83. The molecule has 2 aromatic rings. The minimum atomic E-state index is -0.520. The lowest BCUT2D eigenvalue weighted by Crippen LogP contribution is -2.66. The molecule has 0 spiro atoms. The molecule has 3 fully saturated rings. The number of halogens is 2. The number of anilines is 1. The summed E-state index contributed by atoms with van der Waals surface area (Å²) in [6.07, 6.45) is -0.0770. The van der Waals surface area contributed by atoms with Gasteiger partial charge in [0.05, 0.1) is 31.4 Å². The van der Waals surface area contributed by atoms with E-state index in [0.717, 1.165) is 17.3 Å². The highest BCUT2D eigenvalue weighted by atomic mass is 35.5. The van der Waals surface area contributed by atoms with Crippen molar-refractivity contribution in [2.75, 3.05) is 37.7 Å². The average molecular weight is 476 g/mol. The van der Waals surface area contributed by atoms with Gasteiger partial charge in [0.25, 0.3) is 0 Å². The van der Waals surface area contributed by atoms with Crippen molar-refractivity contribution in [3.8, 4) is 0 Å². The number of benzene rings is 2. The van der Waals surface area contributed by atoms with Crippen LogP contribution in [0.25, 0.3) is 0 Å². The van der Waals surface area contributed by atoms with E-state index in [4.69, 9.17) is 27.9 Å². The van der Waals surface area contributed by atoms with Crippen molar-refractivity contribution in [1.82, 2.24) is 9.80 Å². The van der Waals surface area contributed by atoms with Gasteiger partial charge in [0, 0.05) is 48.3 Å². The maximum Gasteiger partial charge on any atom is 0.245 e. The molecule has 0 aromatic heterocycles. The topological polar surface area (TPSA) is 56.3 Å². The lowest BCUT2D eigenvalue weighted by molar-refractivity contribution is -0.147. The van der Waals surface area contributed by atoms with Crippen LogP contribution in [-0.4, -0.2) is 77.9 Å². The lowest BCUT2D eigenvalue weighted by Gasteiger charge is -2.50. The summed E-state index contributed by atoms with van der Waals surface area (Å²) in [5, 5.41) is 11.7. The standard InChI is InChI=1S/C24H27Cl2N3O3/c25-17-3-1-16(2-4-17)10-28-20-11-27(12-21(28)15-32-14-20)24(31)23-9-22(30)13-29(23)19-7-5-18(26)6-8-19/h1-8,20-23,30H,9-15H2. The number of hydrogen-bond acceptors (Lipinski definition) is 5. The molecule has 0 saturated carbocycles. The molecule has 2 bridgehead atoms. The Morgan fingerprint density at radius 1 is 0.938 bits per heavy atom. The largest absolute Gasteiger partial charge is 0.391 e. The van der Waals surface area contributed by atoms with Gasteiger partial charge in [0.1, 0.15) is 6.04 Å². The molecule has 3 aliphatic heterocycles. The molecular formula is C24H27Cl2N3O3. The minimum Gasteiger partial charge on any atom is -0.391 e. The second-order valence-electron chi connectivity index (χ2n) is 8.92. The van der Waals surface area contributed by atoms with Crippen LogP contribution in [0.2, 0.25) is 10.0 Å². The first-order valence-corrected chi connectivity index (χ1v) is 11.8. The van der Waals surface area contributed by atoms with E-state index in [1.165, 1.54) is 5.56 Å². The summed E-state index contributed by atoms with van der Waals surface area (Å²) >= 11 is 12.1. The molecule has 1 N–H and O–H groups in total. The van der Waals surface area contributed by atoms with Gasteiger partial charge < -0.3 is 19.6 Å². The van der Waals surface area contributed by atoms with Crippen LogP contribution in [0.15, 0.2) is 48.5 Å². The van der Waals surface area contributed by atoms with Crippen LogP contribution in [0.4, 0.5) is 5.69 Å². The average Bonchev–Trinajstić information content (AvgIpc) is 3.16. The molecule has 8 heteroatoms. The minimum absolute atomic E-state index is 0.0829. The molecule has 4 atom stereocenters. The molecule has 2 aromatic carbocycles. The highest BCUT2D eigenvalue weighted by molar-refractivity contribution is 6.30. The van der Waals surface area contributed by atoms with E-state index >= 15 is 0 Å². The summed E-state index contributed by atoms with van der Waals surface area (Å²) < 4.78 is 5.83. The van der Waals surface area contributed by atoms with Crippen molar-refractivity contribution in [3.05, 3.63) is 64.1 Å². The zero-order chi connectivity index (χ0) is 22.2. The van der Waals surface area contributed by atoms with Crippen molar-refractivity contribution >= 4 is 34.8 Å². The molecule has 0 aliphatic carbocycles. The molecule has 170 valence electrons. The first-order chi connectivity index (χ1) is 15.5. The number of fused-ring (bicyclic) bond motifs is 2. The number of ether oxygens (including phenoxy) is 1. The van der Waals surface area contributed by atoms with Crippen LogP contribution in [-0.2, 0) is 16.1 Å². The summed E-state index contributed by atoms with van der Waals surface area (Å²) in [5.74, 6) is 0.0829. The molecule has 3 saturated heterocycles. The zero-order valence-electron chi connectivity index (χ0n) is 17.7. The van der Waals surface area contributed by atoms with Gasteiger partial charge >= 0.3 is 0 Å². The normalized spacial score (nSPS) is 28.2. The quantitative estimate of drug-likeness (QED) is 0.736. The summed E-state index contributed by atoms with van der Waals surface area (Å²) in [4.78, 5) is 20.0. The molecular weight excluding hydrogens is 449 g/mol. The number of β-amino-alcohol motifs (C(OH)–C–C–N with tert-alkyl or cyclic N) is 1. The van der Waals surface area contributed by atoms with E-state index in [0.29, 0.717) is 44.3 Å². The maximum atomic E-state index is 13.6. The van der Waals surface area contributed by atoms with Crippen molar-refractivity contribution in [3.63, 3.8) is 0 Å². The Kier molecular flexibility index (Phi) is 6.32. The Morgan fingerprint density at radius 2 is 1.53 bits per heavy atom. The number of rotatable bonds is 4. The van der Waals surface area contributed by atoms with Crippen LogP contribution in [0.3, 0.4) is 0 Å². The third-order valence-corrected chi connectivity index (χ3v) is 7.24. The van der Waals surface area contributed by atoms with Crippen LogP contribution < -0.4 is 4.90 Å². The van der Waals surface area contributed by atoms with Gasteiger partial charge in [0.15, 0.2) is 0 Å². The lowest BCUT2D eigenvalue weighted by atomic mass is 10.0. The van der Waals surface area contributed by atoms with Gasteiger partial charge in [-0.25, -0.2) is 0 Å². The van der Waals surface area contributed by atoms with E-state index in [2.05, 4.69) is 17.0 Å². The Labute approximate surface area is 198 Å². The smallest absolute Gasteiger partial charge is 0.245 e. The monoisotopic (exact) mass is 475 g/mol. The van der Waals surface area contributed by atoms with Gasteiger partial charge in [-0.15, -0.1) is 0 Å². The SMILES string of the molecule is O=C(C1CC(O)CN1c1ccc(Cl)cc1)N1CC2COCC(C1)N2Cc1ccc(Cl)cc1. The third kappa shape index (κ3) is 4.47. The van der Waals surface area contributed by atoms with E-state index < -0.39 is 6.10 Å². The Balaban J connectivity index is 1.30. The van der Waals surface area contributed by atoms with Crippen LogP contribution in [0.1, 0.15) is 12.0 Å². The molecule has 3 aliphatic rings. The van der Waals surface area contributed by atoms with Crippen molar-refractivity contribution < 1.29 is 14.6 Å². The van der Waals surface area contributed by atoms with Gasteiger partial charge in [-0.3, -0.25) is 9.69 Å². The van der Waals surface area contributed by atoms with Crippen LogP contribution >= 0.6 is 23.2 Å². The first-order valence-electron chi connectivity index (χ1n) is 11.0. The summed E-state index contributed by atoms with van der Waals surface area (Å²) in [6, 6.07) is 15.3. The number of nitrogens with zero attached hydrogens (tertiary/aromatic N) is 3. The van der Waals surface area contributed by atoms with Crippen LogP contribution in [0.5, 0.6) is 0 Å². The van der Waals surface area contributed by atoms with Crippen molar-refractivity contribution in [2.45, 2.75) is 37.2 Å². The van der Waals surface area contributed by atoms with Gasteiger partial charge in [0.2, 0.25) is 5.91 Å². The van der Waals surface area contributed by atoms with Crippen molar-refractivity contribution in [2.24, 2.45) is 0 Å². The number of amides is 1. The highest BCUT2D eigenvalue weighted by Crippen LogP contribution is 2.30. The molecule has 4 unspecified atom stereocenters. The number of morpholine rings is 1. The van der Waals surface area contributed by atoms with E-state index in [1.807, 2.05) is 46.2 Å². The Morgan fingerprint density at radius 3 is 2.16 bits per heavy atom. The number of aliphatic hydroxyl groups is 1. The molecule has 0 radical (unpaired) electrons. The predicted octanol–water partition coefficient (Wildman–Crippen LogP) is 3.04. The first kappa shape index (κ1) is 22.0. The molecule has 6 nitrogen and oxygen atoms in total. The number of carbonyl (C=O) groups is 1. The van der Waals surface area contributed by atoms with Gasteiger partial charge in [-0.1, -0.05) is 35.3 Å². The molecule has 1 amide bonds. The number of aliphatic hydroxyl groups excluding tert-OH is 1. The van der Waals surface area contributed by atoms with Gasteiger partial charge in [-0.2, -0.15) is 0 Å².